The maximum absolute atomic E-state index is 12.8. The first kappa shape index (κ1) is 18.9. The van der Waals surface area contributed by atoms with Crippen molar-refractivity contribution in [3.8, 4) is 0 Å². The summed E-state index contributed by atoms with van der Waals surface area (Å²) in [5.41, 5.74) is 2.80. The molecule has 1 aliphatic rings. The Morgan fingerprint density at radius 1 is 1.07 bits per heavy atom. The standard InChI is InChI=1S/C23H23N3O3/c1-17(18-8-4-2-5-9-18)14-19-15-21(29-24-19)23(28)25-12-13-26(22(27)16-25)20-10-6-3-7-11-20/h2-11,15,17H,12-14,16H2,1H3/t17-/m0/s1. The zero-order valence-electron chi connectivity index (χ0n) is 16.3. The summed E-state index contributed by atoms with van der Waals surface area (Å²) in [7, 11) is 0. The highest BCUT2D eigenvalue weighted by Crippen LogP contribution is 2.21. The van der Waals surface area contributed by atoms with Crippen LogP contribution >= 0.6 is 0 Å². The van der Waals surface area contributed by atoms with E-state index < -0.39 is 0 Å². The molecule has 1 aromatic heterocycles. The fourth-order valence-electron chi connectivity index (χ4n) is 3.61. The Kier molecular flexibility index (Phi) is 5.42. The van der Waals surface area contributed by atoms with Crippen molar-refractivity contribution in [1.82, 2.24) is 10.1 Å². The Labute approximate surface area is 169 Å². The fourth-order valence-corrected chi connectivity index (χ4v) is 3.61. The SMILES string of the molecule is C[C@@H](Cc1cc(C(=O)N2CCN(c3ccccc3)C(=O)C2)on1)c1ccccc1. The second-order valence-corrected chi connectivity index (χ2v) is 7.31. The summed E-state index contributed by atoms with van der Waals surface area (Å²) in [6.45, 7) is 3.06. The summed E-state index contributed by atoms with van der Waals surface area (Å²) in [6, 6.07) is 21.3. The second kappa shape index (κ2) is 8.31. The zero-order valence-corrected chi connectivity index (χ0v) is 16.3. The third kappa shape index (κ3) is 4.21. The summed E-state index contributed by atoms with van der Waals surface area (Å²) < 4.78 is 5.30. The fraction of sp³-hybridized carbons (Fsp3) is 0.261. The van der Waals surface area contributed by atoms with Crippen molar-refractivity contribution >= 4 is 17.5 Å². The number of amides is 2. The molecule has 0 N–H and O–H groups in total. The van der Waals surface area contributed by atoms with Gasteiger partial charge < -0.3 is 14.3 Å². The first-order valence-electron chi connectivity index (χ1n) is 9.77. The minimum atomic E-state index is -0.294. The summed E-state index contributed by atoms with van der Waals surface area (Å²) in [4.78, 5) is 28.5. The molecule has 1 saturated heterocycles. The van der Waals surface area contributed by atoms with Crippen LogP contribution in [0.25, 0.3) is 0 Å². The molecule has 0 saturated carbocycles. The number of benzene rings is 2. The zero-order chi connectivity index (χ0) is 20.2. The van der Waals surface area contributed by atoms with Gasteiger partial charge in [-0.05, 0) is 30.0 Å². The Morgan fingerprint density at radius 2 is 1.76 bits per heavy atom. The van der Waals surface area contributed by atoms with E-state index >= 15 is 0 Å². The van der Waals surface area contributed by atoms with E-state index in [1.54, 1.807) is 11.0 Å². The number of para-hydroxylation sites is 1. The van der Waals surface area contributed by atoms with Gasteiger partial charge >= 0.3 is 0 Å². The molecule has 0 radical (unpaired) electrons. The van der Waals surface area contributed by atoms with Crippen LogP contribution in [-0.2, 0) is 11.2 Å². The number of piperazine rings is 1. The van der Waals surface area contributed by atoms with Gasteiger partial charge in [0.25, 0.3) is 5.91 Å². The molecular weight excluding hydrogens is 366 g/mol. The topological polar surface area (TPSA) is 66.7 Å². The van der Waals surface area contributed by atoms with Crippen molar-refractivity contribution in [2.24, 2.45) is 0 Å². The van der Waals surface area contributed by atoms with Crippen LogP contribution in [0, 0.1) is 0 Å². The number of hydrogen-bond acceptors (Lipinski definition) is 4. The van der Waals surface area contributed by atoms with Gasteiger partial charge in [0.1, 0.15) is 6.54 Å². The van der Waals surface area contributed by atoms with Crippen molar-refractivity contribution in [3.63, 3.8) is 0 Å². The Bertz CT molecular complexity index is 985. The third-order valence-corrected chi connectivity index (χ3v) is 5.23. The van der Waals surface area contributed by atoms with Gasteiger partial charge in [0.15, 0.2) is 0 Å². The smallest absolute Gasteiger partial charge is 0.293 e. The highest BCUT2D eigenvalue weighted by Gasteiger charge is 2.30. The van der Waals surface area contributed by atoms with Crippen molar-refractivity contribution < 1.29 is 14.1 Å². The van der Waals surface area contributed by atoms with E-state index in [-0.39, 0.29) is 30.0 Å². The molecule has 4 rings (SSSR count). The number of nitrogens with zero attached hydrogens (tertiary/aromatic N) is 3. The number of hydrogen-bond donors (Lipinski definition) is 0. The highest BCUT2D eigenvalue weighted by atomic mass is 16.5. The van der Waals surface area contributed by atoms with Gasteiger partial charge in [0.2, 0.25) is 11.7 Å². The molecular formula is C23H23N3O3. The van der Waals surface area contributed by atoms with E-state index in [0.29, 0.717) is 19.5 Å². The molecule has 2 heterocycles. The van der Waals surface area contributed by atoms with Crippen LogP contribution in [0.1, 0.15) is 34.7 Å². The molecule has 29 heavy (non-hydrogen) atoms. The van der Waals surface area contributed by atoms with E-state index in [0.717, 1.165) is 11.4 Å². The molecule has 0 bridgehead atoms. The first-order chi connectivity index (χ1) is 14.1. The lowest BCUT2D eigenvalue weighted by molar-refractivity contribution is -0.120. The van der Waals surface area contributed by atoms with Crippen LogP contribution in [0.2, 0.25) is 0 Å². The Hall–Kier alpha value is -3.41. The number of aromatic nitrogens is 1. The third-order valence-electron chi connectivity index (χ3n) is 5.23. The average Bonchev–Trinajstić information content (AvgIpc) is 3.23. The van der Waals surface area contributed by atoms with Crippen LogP contribution in [-0.4, -0.2) is 41.5 Å². The van der Waals surface area contributed by atoms with Gasteiger partial charge in [-0.3, -0.25) is 9.59 Å². The van der Waals surface area contributed by atoms with Crippen molar-refractivity contribution in [1.29, 1.82) is 0 Å². The van der Waals surface area contributed by atoms with E-state index in [4.69, 9.17) is 4.52 Å². The lowest BCUT2D eigenvalue weighted by Crippen LogP contribution is -2.52. The second-order valence-electron chi connectivity index (χ2n) is 7.31. The van der Waals surface area contributed by atoms with E-state index in [1.165, 1.54) is 10.5 Å². The summed E-state index contributed by atoms with van der Waals surface area (Å²) >= 11 is 0. The molecule has 3 aromatic rings. The van der Waals surface area contributed by atoms with E-state index in [9.17, 15) is 9.59 Å². The predicted octanol–water partition coefficient (Wildman–Crippen LogP) is 3.51. The van der Waals surface area contributed by atoms with Crippen LogP contribution in [0.4, 0.5) is 5.69 Å². The Morgan fingerprint density at radius 3 is 2.45 bits per heavy atom. The molecule has 1 fully saturated rings. The lowest BCUT2D eigenvalue weighted by atomic mass is 9.96. The average molecular weight is 389 g/mol. The summed E-state index contributed by atoms with van der Waals surface area (Å²) in [5.74, 6) is 0.0480. The number of carbonyl (C=O) groups excluding carboxylic acids is 2. The highest BCUT2D eigenvalue weighted by molar-refractivity contribution is 6.00. The maximum atomic E-state index is 12.8. The minimum Gasteiger partial charge on any atom is -0.351 e. The predicted molar refractivity (Wildman–Crippen MR) is 110 cm³/mol. The molecule has 2 aromatic carbocycles. The van der Waals surface area contributed by atoms with Gasteiger partial charge in [-0.25, -0.2) is 0 Å². The molecule has 0 aliphatic carbocycles. The van der Waals surface area contributed by atoms with Crippen LogP contribution in [0.3, 0.4) is 0 Å². The monoisotopic (exact) mass is 389 g/mol. The van der Waals surface area contributed by atoms with Crippen LogP contribution in [0.15, 0.2) is 71.3 Å². The van der Waals surface area contributed by atoms with Crippen LogP contribution < -0.4 is 4.90 Å². The maximum Gasteiger partial charge on any atom is 0.293 e. The molecule has 0 spiro atoms. The summed E-state index contributed by atoms with van der Waals surface area (Å²) in [6.07, 6.45) is 0.682. The molecule has 0 unspecified atom stereocenters. The van der Waals surface area contributed by atoms with E-state index in [2.05, 4.69) is 24.2 Å². The van der Waals surface area contributed by atoms with Crippen LogP contribution in [0.5, 0.6) is 0 Å². The van der Waals surface area contributed by atoms with Crippen molar-refractivity contribution in [2.45, 2.75) is 19.3 Å². The van der Waals surface area contributed by atoms with Gasteiger partial charge in [-0.15, -0.1) is 0 Å². The minimum absolute atomic E-state index is 0.0319. The number of rotatable bonds is 5. The van der Waals surface area contributed by atoms with Gasteiger partial charge in [-0.2, -0.15) is 0 Å². The summed E-state index contributed by atoms with van der Waals surface area (Å²) in [5, 5.41) is 4.06. The molecule has 1 aliphatic heterocycles. The van der Waals surface area contributed by atoms with E-state index in [1.807, 2.05) is 48.5 Å². The number of anilines is 1. The molecule has 6 heteroatoms. The first-order valence-corrected chi connectivity index (χ1v) is 9.77. The Balaban J connectivity index is 1.39. The molecule has 148 valence electrons. The molecule has 1 atom stereocenters. The normalized spacial score (nSPS) is 15.4. The number of carbonyl (C=O) groups is 2. The van der Waals surface area contributed by atoms with Crippen molar-refractivity contribution in [2.75, 3.05) is 24.5 Å². The quantitative estimate of drug-likeness (QED) is 0.670. The van der Waals surface area contributed by atoms with Gasteiger partial charge in [0, 0.05) is 24.8 Å². The van der Waals surface area contributed by atoms with Gasteiger partial charge in [-0.1, -0.05) is 60.6 Å². The van der Waals surface area contributed by atoms with Crippen molar-refractivity contribution in [3.05, 3.63) is 83.7 Å². The molecule has 2 amide bonds. The van der Waals surface area contributed by atoms with Gasteiger partial charge in [0.05, 0.1) is 5.69 Å². The molecule has 6 nitrogen and oxygen atoms in total. The lowest BCUT2D eigenvalue weighted by Gasteiger charge is -2.33. The largest absolute Gasteiger partial charge is 0.351 e.